The number of nitrogens with one attached hydrogen (secondary N) is 1. The Bertz CT molecular complexity index is 667. The van der Waals surface area contributed by atoms with Gasteiger partial charge in [0.2, 0.25) is 0 Å². The maximum Gasteiger partial charge on any atom is 0.0982 e. The maximum atomic E-state index is 4.69. The molecule has 102 valence electrons. The van der Waals surface area contributed by atoms with Crippen molar-refractivity contribution < 1.29 is 0 Å². The van der Waals surface area contributed by atoms with Gasteiger partial charge in [-0.2, -0.15) is 0 Å². The van der Waals surface area contributed by atoms with E-state index in [1.54, 1.807) is 11.3 Å². The molecule has 0 radical (unpaired) electrons. The molecule has 1 heterocycles. The molecule has 2 aromatic carbocycles. The van der Waals surface area contributed by atoms with Crippen molar-refractivity contribution in [2.75, 3.05) is 7.05 Å². The van der Waals surface area contributed by atoms with Crippen molar-refractivity contribution >= 4 is 21.6 Å². The van der Waals surface area contributed by atoms with Crippen LogP contribution in [0.25, 0.3) is 10.2 Å². The second-order valence-electron chi connectivity index (χ2n) is 5.00. The molecule has 0 aliphatic rings. The van der Waals surface area contributed by atoms with Crippen LogP contribution in [-0.2, 0) is 6.42 Å². The Balaban J connectivity index is 1.80. The highest BCUT2D eigenvalue weighted by Crippen LogP contribution is 2.24. The quantitative estimate of drug-likeness (QED) is 0.777. The summed E-state index contributed by atoms with van der Waals surface area (Å²) < 4.78 is 1.27. The van der Waals surface area contributed by atoms with Crippen LogP contribution in [-0.4, -0.2) is 12.0 Å². The van der Waals surface area contributed by atoms with Crippen molar-refractivity contribution in [3.8, 4) is 0 Å². The second kappa shape index (κ2) is 5.73. The summed E-state index contributed by atoms with van der Waals surface area (Å²) in [6.07, 6.45) is 0.910. The van der Waals surface area contributed by atoms with Crippen molar-refractivity contribution in [1.29, 1.82) is 0 Å². The van der Waals surface area contributed by atoms with E-state index in [4.69, 9.17) is 0 Å². The maximum absolute atomic E-state index is 4.69. The van der Waals surface area contributed by atoms with Gasteiger partial charge in [-0.1, -0.05) is 36.4 Å². The highest BCUT2D eigenvalue weighted by molar-refractivity contribution is 7.18. The van der Waals surface area contributed by atoms with Crippen LogP contribution < -0.4 is 5.32 Å². The van der Waals surface area contributed by atoms with E-state index in [2.05, 4.69) is 59.7 Å². The lowest BCUT2D eigenvalue weighted by Gasteiger charge is -2.10. The normalized spacial score (nSPS) is 12.7. The lowest BCUT2D eigenvalue weighted by Crippen LogP contribution is -2.12. The van der Waals surface area contributed by atoms with E-state index in [1.165, 1.54) is 20.8 Å². The van der Waals surface area contributed by atoms with Gasteiger partial charge in [0, 0.05) is 12.5 Å². The molecule has 0 saturated heterocycles. The largest absolute Gasteiger partial charge is 0.313 e. The molecule has 0 aliphatic heterocycles. The summed E-state index contributed by atoms with van der Waals surface area (Å²) >= 11 is 1.78. The highest BCUT2D eigenvalue weighted by Gasteiger charge is 2.06. The highest BCUT2D eigenvalue weighted by atomic mass is 32.1. The molecule has 0 fully saturated rings. The van der Waals surface area contributed by atoms with Crippen molar-refractivity contribution in [1.82, 2.24) is 10.3 Å². The second-order valence-corrected chi connectivity index (χ2v) is 6.12. The molecule has 1 N–H and O–H groups in total. The average Bonchev–Trinajstić information content (AvgIpc) is 2.89. The van der Waals surface area contributed by atoms with Gasteiger partial charge in [0.1, 0.15) is 0 Å². The summed E-state index contributed by atoms with van der Waals surface area (Å²) in [6, 6.07) is 17.5. The van der Waals surface area contributed by atoms with Gasteiger partial charge in [0.05, 0.1) is 15.2 Å². The lowest BCUT2D eigenvalue weighted by atomic mass is 10.1. The van der Waals surface area contributed by atoms with E-state index in [-0.39, 0.29) is 0 Å². The van der Waals surface area contributed by atoms with Gasteiger partial charge in [-0.15, -0.1) is 11.3 Å². The van der Waals surface area contributed by atoms with Crippen LogP contribution in [0.2, 0.25) is 0 Å². The zero-order valence-electron chi connectivity index (χ0n) is 11.8. The number of fused-ring (bicyclic) bond motifs is 1. The van der Waals surface area contributed by atoms with Gasteiger partial charge in [0.15, 0.2) is 0 Å². The van der Waals surface area contributed by atoms with E-state index in [1.807, 2.05) is 13.1 Å². The van der Waals surface area contributed by atoms with E-state index < -0.39 is 0 Å². The first-order chi connectivity index (χ1) is 9.76. The standard InChI is InChI=1S/C17H18N2S/c1-12(18-2)14-9-7-13(8-10-14)11-17-19-15-5-3-4-6-16(15)20-17/h3-10,12,18H,11H2,1-2H3. The molecule has 2 nitrogen and oxygen atoms in total. The molecule has 1 aromatic heterocycles. The Hall–Kier alpha value is -1.71. The number of aromatic nitrogens is 1. The van der Waals surface area contributed by atoms with Crippen LogP contribution in [0.5, 0.6) is 0 Å². The van der Waals surface area contributed by atoms with E-state index in [0.717, 1.165) is 11.9 Å². The number of nitrogens with zero attached hydrogens (tertiary/aromatic N) is 1. The summed E-state index contributed by atoms with van der Waals surface area (Å²) in [7, 11) is 1.99. The van der Waals surface area contributed by atoms with Crippen LogP contribution in [0.1, 0.15) is 29.1 Å². The van der Waals surface area contributed by atoms with E-state index in [0.29, 0.717) is 6.04 Å². The summed E-state index contributed by atoms with van der Waals surface area (Å²) in [5.74, 6) is 0. The first-order valence-electron chi connectivity index (χ1n) is 6.87. The van der Waals surface area contributed by atoms with Gasteiger partial charge >= 0.3 is 0 Å². The Morgan fingerprint density at radius 2 is 1.85 bits per heavy atom. The Morgan fingerprint density at radius 1 is 1.10 bits per heavy atom. The topological polar surface area (TPSA) is 24.9 Å². The Kier molecular flexibility index (Phi) is 3.81. The van der Waals surface area contributed by atoms with Crippen LogP contribution in [0, 0.1) is 0 Å². The lowest BCUT2D eigenvalue weighted by molar-refractivity contribution is 0.652. The SMILES string of the molecule is CNC(C)c1ccc(Cc2nc3ccccc3s2)cc1. The first kappa shape index (κ1) is 13.3. The van der Waals surface area contributed by atoms with Crippen molar-refractivity contribution in [3.05, 3.63) is 64.7 Å². The summed E-state index contributed by atoms with van der Waals surface area (Å²) in [4.78, 5) is 4.69. The number of para-hydroxylation sites is 1. The number of rotatable bonds is 4. The number of thiazole rings is 1. The van der Waals surface area contributed by atoms with Gasteiger partial charge in [0.25, 0.3) is 0 Å². The fourth-order valence-electron chi connectivity index (χ4n) is 2.26. The molecule has 0 saturated carbocycles. The van der Waals surface area contributed by atoms with Gasteiger partial charge in [-0.3, -0.25) is 0 Å². The molecule has 0 spiro atoms. The van der Waals surface area contributed by atoms with Crippen molar-refractivity contribution in [2.45, 2.75) is 19.4 Å². The van der Waals surface area contributed by atoms with Crippen LogP contribution in [0.4, 0.5) is 0 Å². The number of hydrogen-bond acceptors (Lipinski definition) is 3. The zero-order chi connectivity index (χ0) is 13.9. The minimum atomic E-state index is 0.395. The molecule has 1 unspecified atom stereocenters. The fraction of sp³-hybridized carbons (Fsp3) is 0.235. The van der Waals surface area contributed by atoms with Crippen LogP contribution in [0.15, 0.2) is 48.5 Å². The molecule has 3 rings (SSSR count). The molecular weight excluding hydrogens is 264 g/mol. The van der Waals surface area contributed by atoms with Gasteiger partial charge < -0.3 is 5.32 Å². The third-order valence-electron chi connectivity index (χ3n) is 3.61. The summed E-state index contributed by atoms with van der Waals surface area (Å²) in [5, 5.41) is 4.44. The molecule has 0 bridgehead atoms. The van der Waals surface area contributed by atoms with Crippen LogP contribution >= 0.6 is 11.3 Å². The third-order valence-corrected chi connectivity index (χ3v) is 4.64. The van der Waals surface area contributed by atoms with Crippen LogP contribution in [0.3, 0.4) is 0 Å². The third kappa shape index (κ3) is 2.74. The zero-order valence-corrected chi connectivity index (χ0v) is 12.6. The predicted molar refractivity (Wildman–Crippen MR) is 86.3 cm³/mol. The van der Waals surface area contributed by atoms with E-state index in [9.17, 15) is 0 Å². The molecule has 0 amide bonds. The molecule has 3 aromatic rings. The molecule has 3 heteroatoms. The van der Waals surface area contributed by atoms with Gasteiger partial charge in [-0.25, -0.2) is 4.98 Å². The Labute approximate surface area is 123 Å². The molecule has 0 aliphatic carbocycles. The van der Waals surface area contributed by atoms with Gasteiger partial charge in [-0.05, 0) is 37.2 Å². The summed E-state index contributed by atoms with van der Waals surface area (Å²) in [5.41, 5.74) is 3.74. The van der Waals surface area contributed by atoms with Crippen molar-refractivity contribution in [3.63, 3.8) is 0 Å². The Morgan fingerprint density at radius 3 is 2.55 bits per heavy atom. The average molecular weight is 282 g/mol. The monoisotopic (exact) mass is 282 g/mol. The van der Waals surface area contributed by atoms with E-state index >= 15 is 0 Å². The molecule has 20 heavy (non-hydrogen) atoms. The first-order valence-corrected chi connectivity index (χ1v) is 7.68. The summed E-state index contributed by atoms with van der Waals surface area (Å²) in [6.45, 7) is 2.17. The molecular formula is C17H18N2S. The minimum Gasteiger partial charge on any atom is -0.313 e. The van der Waals surface area contributed by atoms with Crippen molar-refractivity contribution in [2.24, 2.45) is 0 Å². The minimum absolute atomic E-state index is 0.395. The number of benzene rings is 2. The fourth-order valence-corrected chi connectivity index (χ4v) is 3.26. The predicted octanol–water partition coefficient (Wildman–Crippen LogP) is 4.17. The number of hydrogen-bond donors (Lipinski definition) is 1. The smallest absolute Gasteiger partial charge is 0.0982 e. The molecule has 1 atom stereocenters.